The zero-order valence-electron chi connectivity index (χ0n) is 13.8. The fraction of sp³-hybridized carbons (Fsp3) is 0.118. The van der Waals surface area contributed by atoms with E-state index in [4.69, 9.17) is 0 Å². The van der Waals surface area contributed by atoms with Crippen LogP contribution in [-0.4, -0.2) is 38.3 Å². The second-order valence-electron chi connectivity index (χ2n) is 5.74. The van der Waals surface area contributed by atoms with Crippen molar-refractivity contribution < 1.29 is 9.59 Å². The van der Waals surface area contributed by atoms with Crippen LogP contribution < -0.4 is 15.8 Å². The van der Waals surface area contributed by atoms with Crippen molar-refractivity contribution in [1.82, 2.24) is 20.0 Å². The van der Waals surface area contributed by atoms with E-state index >= 15 is 0 Å². The summed E-state index contributed by atoms with van der Waals surface area (Å²) >= 11 is 0. The molecule has 1 aliphatic rings. The van der Waals surface area contributed by atoms with Crippen molar-refractivity contribution in [1.29, 1.82) is 0 Å². The summed E-state index contributed by atoms with van der Waals surface area (Å²) in [6, 6.07) is 11.8. The number of para-hydroxylation sites is 1. The van der Waals surface area contributed by atoms with Crippen LogP contribution in [0.5, 0.6) is 0 Å². The van der Waals surface area contributed by atoms with Crippen LogP contribution in [-0.2, 0) is 9.59 Å². The van der Waals surface area contributed by atoms with Gasteiger partial charge in [0.25, 0.3) is 11.8 Å². The first-order valence-electron chi connectivity index (χ1n) is 7.96. The normalized spacial score (nSPS) is 17.0. The maximum atomic E-state index is 12.6. The lowest BCUT2D eigenvalue weighted by atomic mass is 10.2. The average molecular weight is 349 g/mol. The molecule has 3 aromatic rings. The number of hydrogen-bond acceptors (Lipinski definition) is 6. The van der Waals surface area contributed by atoms with Gasteiger partial charge in [0.1, 0.15) is 12.4 Å². The number of amidine groups is 1. The lowest BCUT2D eigenvalue weighted by Gasteiger charge is -2.30. The van der Waals surface area contributed by atoms with Gasteiger partial charge in [0, 0.05) is 6.20 Å². The molecule has 4 rings (SSSR count). The minimum Gasteiger partial charge on any atom is -0.318 e. The van der Waals surface area contributed by atoms with Gasteiger partial charge in [0.2, 0.25) is 5.84 Å². The molecule has 9 heteroatoms. The lowest BCUT2D eigenvalue weighted by molar-refractivity contribution is -0.120. The van der Waals surface area contributed by atoms with Crippen LogP contribution >= 0.6 is 0 Å². The summed E-state index contributed by atoms with van der Waals surface area (Å²) in [6.45, 7) is 1.65. The van der Waals surface area contributed by atoms with Crippen LogP contribution in [0.4, 0.5) is 11.4 Å². The van der Waals surface area contributed by atoms with E-state index in [9.17, 15) is 9.59 Å². The number of nitrogens with zero attached hydrogens (tertiary/aromatic N) is 5. The SMILES string of the molecule is C[C@H]1N=C(C(=O)Nc2ccc3nncn3c2)NN(c2ccccc2)C1=O. The van der Waals surface area contributed by atoms with Gasteiger partial charge in [-0.25, -0.2) is 10.0 Å². The van der Waals surface area contributed by atoms with Crippen LogP contribution in [0.15, 0.2) is 60.0 Å². The van der Waals surface area contributed by atoms with Crippen LogP contribution in [0.25, 0.3) is 5.65 Å². The van der Waals surface area contributed by atoms with Gasteiger partial charge in [-0.3, -0.25) is 19.4 Å². The Kier molecular flexibility index (Phi) is 3.81. The number of nitrogens with one attached hydrogen (secondary N) is 2. The van der Waals surface area contributed by atoms with Crippen LogP contribution in [0.2, 0.25) is 0 Å². The van der Waals surface area contributed by atoms with E-state index in [0.717, 1.165) is 0 Å². The van der Waals surface area contributed by atoms with Crippen LogP contribution in [0.1, 0.15) is 6.92 Å². The highest BCUT2D eigenvalue weighted by Gasteiger charge is 2.30. The Morgan fingerprint density at radius 3 is 2.81 bits per heavy atom. The molecule has 0 bridgehead atoms. The minimum absolute atomic E-state index is 0.0600. The first kappa shape index (κ1) is 15.8. The van der Waals surface area contributed by atoms with Crippen molar-refractivity contribution >= 4 is 34.7 Å². The number of hydrazine groups is 1. The molecule has 3 heterocycles. The van der Waals surface area contributed by atoms with Gasteiger partial charge in [-0.05, 0) is 31.2 Å². The number of benzene rings is 1. The Morgan fingerprint density at radius 2 is 2.00 bits per heavy atom. The van der Waals surface area contributed by atoms with E-state index < -0.39 is 11.9 Å². The maximum Gasteiger partial charge on any atom is 0.292 e. The summed E-state index contributed by atoms with van der Waals surface area (Å²) in [5.41, 5.74) is 4.66. The van der Waals surface area contributed by atoms with Gasteiger partial charge in [-0.2, -0.15) is 0 Å². The number of amides is 2. The van der Waals surface area contributed by atoms with Crippen molar-refractivity contribution in [2.45, 2.75) is 13.0 Å². The number of anilines is 2. The number of aromatic nitrogens is 3. The predicted molar refractivity (Wildman–Crippen MR) is 95.6 cm³/mol. The second kappa shape index (κ2) is 6.28. The molecule has 2 N–H and O–H groups in total. The lowest BCUT2D eigenvalue weighted by Crippen LogP contribution is -2.57. The molecule has 9 nitrogen and oxygen atoms in total. The highest BCUT2D eigenvalue weighted by Crippen LogP contribution is 2.16. The summed E-state index contributed by atoms with van der Waals surface area (Å²) in [5.74, 6) is -0.624. The van der Waals surface area contributed by atoms with Crippen molar-refractivity contribution in [3.05, 3.63) is 55.0 Å². The first-order chi connectivity index (χ1) is 12.6. The highest BCUT2D eigenvalue weighted by atomic mass is 16.2. The van der Waals surface area contributed by atoms with E-state index in [1.807, 2.05) is 18.2 Å². The van der Waals surface area contributed by atoms with E-state index in [-0.39, 0.29) is 11.7 Å². The largest absolute Gasteiger partial charge is 0.318 e. The topological polar surface area (TPSA) is 104 Å². The van der Waals surface area contributed by atoms with E-state index in [1.165, 1.54) is 5.01 Å². The average Bonchev–Trinajstić information content (AvgIpc) is 3.12. The van der Waals surface area contributed by atoms with Crippen molar-refractivity contribution in [3.8, 4) is 0 Å². The number of hydrogen-bond donors (Lipinski definition) is 2. The summed E-state index contributed by atoms with van der Waals surface area (Å²) in [7, 11) is 0. The van der Waals surface area contributed by atoms with Crippen LogP contribution in [0.3, 0.4) is 0 Å². The second-order valence-corrected chi connectivity index (χ2v) is 5.74. The molecular formula is C17H15N7O2. The zero-order chi connectivity index (χ0) is 18.1. The maximum absolute atomic E-state index is 12.6. The molecule has 1 aliphatic heterocycles. The van der Waals surface area contributed by atoms with Crippen molar-refractivity contribution in [3.63, 3.8) is 0 Å². The van der Waals surface area contributed by atoms with Gasteiger partial charge in [-0.15, -0.1) is 10.2 Å². The van der Waals surface area contributed by atoms with Gasteiger partial charge >= 0.3 is 0 Å². The molecule has 1 atom stereocenters. The van der Waals surface area contributed by atoms with Crippen LogP contribution in [0, 0.1) is 0 Å². The van der Waals surface area contributed by atoms with E-state index in [1.54, 1.807) is 48.1 Å². The van der Waals surface area contributed by atoms with Gasteiger partial charge in [-0.1, -0.05) is 18.2 Å². The number of aliphatic imine (C=N–C) groups is 1. The third-order valence-electron chi connectivity index (χ3n) is 3.90. The molecule has 0 unspecified atom stereocenters. The van der Waals surface area contributed by atoms with Gasteiger partial charge in [0.15, 0.2) is 5.65 Å². The van der Waals surface area contributed by atoms with E-state index in [0.29, 0.717) is 17.0 Å². The first-order valence-corrected chi connectivity index (χ1v) is 7.96. The third kappa shape index (κ3) is 2.86. The summed E-state index contributed by atoms with van der Waals surface area (Å²) in [5, 5.41) is 11.8. The fourth-order valence-corrected chi connectivity index (χ4v) is 2.60. The summed E-state index contributed by atoms with van der Waals surface area (Å²) in [4.78, 5) is 29.1. The van der Waals surface area contributed by atoms with Gasteiger partial charge in [0.05, 0.1) is 11.4 Å². The number of carbonyl (C=O) groups is 2. The number of carbonyl (C=O) groups excluding carboxylic acids is 2. The molecule has 0 saturated carbocycles. The van der Waals surface area contributed by atoms with Crippen molar-refractivity contribution in [2.75, 3.05) is 10.3 Å². The molecule has 0 aliphatic carbocycles. The van der Waals surface area contributed by atoms with Crippen molar-refractivity contribution in [2.24, 2.45) is 4.99 Å². The monoisotopic (exact) mass is 349 g/mol. The number of fused-ring (bicyclic) bond motifs is 1. The Morgan fingerprint density at radius 1 is 1.19 bits per heavy atom. The van der Waals surface area contributed by atoms with Gasteiger partial charge < -0.3 is 5.32 Å². The minimum atomic E-state index is -0.669. The zero-order valence-corrected chi connectivity index (χ0v) is 13.8. The predicted octanol–water partition coefficient (Wildman–Crippen LogP) is 1.01. The Hall–Kier alpha value is -3.75. The molecule has 0 spiro atoms. The fourth-order valence-electron chi connectivity index (χ4n) is 2.60. The molecule has 2 aromatic heterocycles. The molecule has 0 radical (unpaired) electrons. The van der Waals surface area contributed by atoms with E-state index in [2.05, 4.69) is 25.9 Å². The number of rotatable bonds is 3. The summed E-state index contributed by atoms with van der Waals surface area (Å²) in [6.07, 6.45) is 3.24. The molecule has 26 heavy (non-hydrogen) atoms. The molecule has 2 amide bonds. The molecule has 0 fully saturated rings. The molecule has 0 saturated heterocycles. The standard InChI is InChI=1S/C17H15N7O2/c1-11-17(26)24(13-5-3-2-4-6-13)22-15(19-11)16(25)20-12-7-8-14-21-18-10-23(14)9-12/h2-11H,1H3,(H,19,22)(H,20,25)/t11-/m1/s1. The highest BCUT2D eigenvalue weighted by molar-refractivity contribution is 6.43. The Balaban J connectivity index is 1.56. The Bertz CT molecular complexity index is 1010. The Labute approximate surface area is 148 Å². The smallest absolute Gasteiger partial charge is 0.292 e. The molecule has 1 aromatic carbocycles. The molecule has 130 valence electrons. The summed E-state index contributed by atoms with van der Waals surface area (Å²) < 4.78 is 1.69. The number of pyridine rings is 1. The third-order valence-corrected chi connectivity index (χ3v) is 3.90. The molecular weight excluding hydrogens is 334 g/mol. The quantitative estimate of drug-likeness (QED) is 0.734.